The van der Waals surface area contributed by atoms with Gasteiger partial charge in [0.1, 0.15) is 12.1 Å². The second-order valence-corrected chi connectivity index (χ2v) is 7.51. The molecule has 1 aromatic carbocycles. The summed E-state index contributed by atoms with van der Waals surface area (Å²) in [4.78, 5) is 30.9. The van der Waals surface area contributed by atoms with Crippen LogP contribution in [0, 0.1) is 11.3 Å². The lowest BCUT2D eigenvalue weighted by atomic mass is 10.0. The molecule has 9 heteroatoms. The van der Waals surface area contributed by atoms with Crippen LogP contribution in [0.1, 0.15) is 22.0 Å². The number of pyridine rings is 1. The largest absolute Gasteiger partial charge is 0.382 e. The van der Waals surface area contributed by atoms with Gasteiger partial charge in [-0.25, -0.2) is 0 Å². The molecule has 8 nitrogen and oxygen atoms in total. The number of amides is 2. The molecule has 0 radical (unpaired) electrons. The Kier molecular flexibility index (Phi) is 7.04. The lowest BCUT2D eigenvalue weighted by molar-refractivity contribution is -0.129. The molecule has 1 saturated heterocycles. The molecule has 3 rings (SSSR count). The van der Waals surface area contributed by atoms with Crippen molar-refractivity contribution in [3.8, 4) is 6.07 Å². The number of aromatic nitrogens is 1. The molecule has 1 fully saturated rings. The zero-order chi connectivity index (χ0) is 20.8. The molecule has 2 atom stereocenters. The smallest absolute Gasteiger partial charge is 0.252 e. The maximum Gasteiger partial charge on any atom is 0.252 e. The van der Waals surface area contributed by atoms with E-state index in [1.807, 2.05) is 18.2 Å². The summed E-state index contributed by atoms with van der Waals surface area (Å²) in [5, 5.41) is 12.5. The first kappa shape index (κ1) is 21.0. The number of hydrogen-bond donors (Lipinski definition) is 1. The predicted molar refractivity (Wildman–Crippen MR) is 109 cm³/mol. The van der Waals surface area contributed by atoms with Gasteiger partial charge in [0.2, 0.25) is 5.91 Å². The van der Waals surface area contributed by atoms with E-state index in [9.17, 15) is 9.59 Å². The molecule has 1 aromatic heterocycles. The van der Waals surface area contributed by atoms with Crippen LogP contribution in [-0.4, -0.2) is 66.7 Å². The lowest BCUT2D eigenvalue weighted by Crippen LogP contribution is -2.42. The number of methoxy groups -OCH3 is 2. The van der Waals surface area contributed by atoms with E-state index in [0.29, 0.717) is 34.7 Å². The lowest BCUT2D eigenvalue weighted by Gasteiger charge is -2.19. The highest BCUT2D eigenvalue weighted by atomic mass is 32.2. The van der Waals surface area contributed by atoms with Crippen molar-refractivity contribution in [1.82, 2.24) is 15.2 Å². The van der Waals surface area contributed by atoms with Crippen LogP contribution >= 0.6 is 11.8 Å². The Hall–Kier alpha value is -2.67. The first-order valence-corrected chi connectivity index (χ1v) is 10.2. The van der Waals surface area contributed by atoms with Crippen molar-refractivity contribution >= 4 is 34.5 Å². The summed E-state index contributed by atoms with van der Waals surface area (Å²) >= 11 is 1.53. The van der Waals surface area contributed by atoms with Crippen molar-refractivity contribution in [1.29, 1.82) is 5.26 Å². The molecule has 0 spiro atoms. The quantitative estimate of drug-likeness (QED) is 0.735. The number of hydrogen-bond acceptors (Lipinski definition) is 7. The number of benzene rings is 1. The third-order valence-electron chi connectivity index (χ3n) is 4.74. The average molecular weight is 414 g/mol. The van der Waals surface area contributed by atoms with Crippen LogP contribution in [0.2, 0.25) is 0 Å². The molecule has 0 bridgehead atoms. The molecule has 1 N–H and O–H groups in total. The Balaban J connectivity index is 1.78. The van der Waals surface area contributed by atoms with Crippen molar-refractivity contribution < 1.29 is 19.1 Å². The second kappa shape index (κ2) is 9.69. The maximum absolute atomic E-state index is 12.8. The number of ether oxygens (including phenoxy) is 2. The normalized spacial score (nSPS) is 17.1. The molecule has 2 amide bonds. The number of fused-ring (bicyclic) bond motifs is 1. The van der Waals surface area contributed by atoms with Gasteiger partial charge in [0.15, 0.2) is 0 Å². The highest BCUT2D eigenvalue weighted by Gasteiger charge is 2.29. The number of carbonyl (C=O) groups is 2. The van der Waals surface area contributed by atoms with E-state index in [2.05, 4.69) is 16.4 Å². The standard InChI is InChI=1S/C20H22N4O4S/c1-27-10-18(28-2)13-3-4-17-16(7-13)15(5-6-22-17)20(26)23-9-19(25)24-12-29-11-14(24)8-21/h3-7,14,18H,9-12H2,1-2H3,(H,23,26)/t14-,18?/m1/s1. The van der Waals surface area contributed by atoms with Gasteiger partial charge in [-0.2, -0.15) is 5.26 Å². The Bertz CT molecular complexity index is 946. The van der Waals surface area contributed by atoms with Gasteiger partial charge in [-0.05, 0) is 23.8 Å². The zero-order valence-electron chi connectivity index (χ0n) is 16.3. The van der Waals surface area contributed by atoms with Gasteiger partial charge in [-0.1, -0.05) is 6.07 Å². The molecule has 2 aromatic rings. The fourth-order valence-electron chi connectivity index (χ4n) is 3.16. The van der Waals surface area contributed by atoms with Crippen molar-refractivity contribution in [3.05, 3.63) is 41.6 Å². The van der Waals surface area contributed by atoms with E-state index in [1.165, 1.54) is 16.7 Å². The van der Waals surface area contributed by atoms with Crippen LogP contribution in [0.25, 0.3) is 10.9 Å². The van der Waals surface area contributed by atoms with Crippen LogP contribution in [0.4, 0.5) is 0 Å². The van der Waals surface area contributed by atoms with Crippen LogP contribution < -0.4 is 5.32 Å². The molecule has 1 unspecified atom stereocenters. The van der Waals surface area contributed by atoms with Gasteiger partial charge in [0.05, 0.1) is 36.2 Å². The first-order valence-electron chi connectivity index (χ1n) is 9.04. The van der Waals surface area contributed by atoms with E-state index in [4.69, 9.17) is 14.7 Å². The predicted octanol–water partition coefficient (Wildman–Crippen LogP) is 1.72. The van der Waals surface area contributed by atoms with Crippen LogP contribution in [-0.2, 0) is 14.3 Å². The first-order chi connectivity index (χ1) is 14.1. The Morgan fingerprint density at radius 2 is 2.24 bits per heavy atom. The van der Waals surface area contributed by atoms with Gasteiger partial charge < -0.3 is 19.7 Å². The topological polar surface area (TPSA) is 105 Å². The fourth-order valence-corrected chi connectivity index (χ4v) is 4.27. The van der Waals surface area contributed by atoms with Gasteiger partial charge >= 0.3 is 0 Å². The summed E-state index contributed by atoms with van der Waals surface area (Å²) in [7, 11) is 3.20. The van der Waals surface area contributed by atoms with Crippen LogP contribution in [0.3, 0.4) is 0 Å². The summed E-state index contributed by atoms with van der Waals surface area (Å²) in [5.74, 6) is 0.417. The highest BCUT2D eigenvalue weighted by molar-refractivity contribution is 7.99. The summed E-state index contributed by atoms with van der Waals surface area (Å²) in [6.07, 6.45) is 1.29. The molecule has 0 saturated carbocycles. The van der Waals surface area contributed by atoms with E-state index in [0.717, 1.165) is 5.56 Å². The molecule has 0 aliphatic carbocycles. The van der Waals surface area contributed by atoms with Crippen LogP contribution in [0.5, 0.6) is 0 Å². The fraction of sp³-hybridized carbons (Fsp3) is 0.400. The highest BCUT2D eigenvalue weighted by Crippen LogP contribution is 2.24. The molecule has 2 heterocycles. The number of nitriles is 1. The average Bonchev–Trinajstić information content (AvgIpc) is 3.23. The SMILES string of the molecule is COCC(OC)c1ccc2nccc(C(=O)NCC(=O)N3CSC[C@H]3C#N)c2c1. The van der Waals surface area contributed by atoms with Crippen molar-refractivity contribution in [2.24, 2.45) is 0 Å². The maximum atomic E-state index is 12.8. The van der Waals surface area contributed by atoms with E-state index >= 15 is 0 Å². The summed E-state index contributed by atoms with van der Waals surface area (Å²) < 4.78 is 10.6. The Morgan fingerprint density at radius 1 is 1.41 bits per heavy atom. The summed E-state index contributed by atoms with van der Waals surface area (Å²) in [5.41, 5.74) is 1.95. The molecular weight excluding hydrogens is 392 g/mol. The summed E-state index contributed by atoms with van der Waals surface area (Å²) in [6, 6.07) is 8.86. The number of carbonyl (C=O) groups excluding carboxylic acids is 2. The van der Waals surface area contributed by atoms with Gasteiger partial charge in [-0.3, -0.25) is 14.6 Å². The van der Waals surface area contributed by atoms with E-state index in [1.54, 1.807) is 26.5 Å². The summed E-state index contributed by atoms with van der Waals surface area (Å²) in [6.45, 7) is 0.220. The Labute approximate surface area is 173 Å². The third kappa shape index (κ3) is 4.67. The minimum Gasteiger partial charge on any atom is -0.382 e. The minimum absolute atomic E-state index is 0.161. The monoisotopic (exact) mass is 414 g/mol. The second-order valence-electron chi connectivity index (χ2n) is 6.51. The van der Waals surface area contributed by atoms with Crippen molar-refractivity contribution in [2.45, 2.75) is 12.1 Å². The number of nitrogens with zero attached hydrogens (tertiary/aromatic N) is 3. The number of nitrogens with one attached hydrogen (secondary N) is 1. The molecule has 1 aliphatic rings. The molecule has 152 valence electrons. The van der Waals surface area contributed by atoms with E-state index in [-0.39, 0.29) is 24.5 Å². The van der Waals surface area contributed by atoms with Crippen LogP contribution in [0.15, 0.2) is 30.5 Å². The van der Waals surface area contributed by atoms with Gasteiger partial charge in [0.25, 0.3) is 5.91 Å². The third-order valence-corrected chi connectivity index (χ3v) is 5.75. The number of rotatable bonds is 7. The van der Waals surface area contributed by atoms with E-state index < -0.39 is 6.04 Å². The van der Waals surface area contributed by atoms with Gasteiger partial charge in [-0.15, -0.1) is 11.8 Å². The van der Waals surface area contributed by atoms with Crippen molar-refractivity contribution in [2.75, 3.05) is 39.0 Å². The molecule has 29 heavy (non-hydrogen) atoms. The number of thioether (sulfide) groups is 1. The molecular formula is C20H22N4O4S. The minimum atomic E-state index is -0.444. The molecule has 1 aliphatic heterocycles. The van der Waals surface area contributed by atoms with Gasteiger partial charge in [0, 0.05) is 31.6 Å². The van der Waals surface area contributed by atoms with Crippen molar-refractivity contribution in [3.63, 3.8) is 0 Å². The zero-order valence-corrected chi connectivity index (χ0v) is 17.1. The Morgan fingerprint density at radius 3 is 2.97 bits per heavy atom.